The van der Waals surface area contributed by atoms with Crippen molar-refractivity contribution in [3.05, 3.63) is 16.5 Å². The smallest absolute Gasteiger partial charge is 0.356 e. The number of likely N-dealkylation sites (tertiary alicyclic amines) is 1. The van der Waals surface area contributed by atoms with Crippen molar-refractivity contribution in [2.24, 2.45) is 0 Å². The second-order valence-electron chi connectivity index (χ2n) is 7.08. The van der Waals surface area contributed by atoms with Crippen molar-refractivity contribution in [3.63, 3.8) is 0 Å². The number of carboxylic acids is 1. The van der Waals surface area contributed by atoms with Crippen molar-refractivity contribution in [3.8, 4) is 0 Å². The minimum Gasteiger partial charge on any atom is -0.618 e. The number of β-lactam (4-membered cyclic amide) rings is 1. The first kappa shape index (κ1) is 21.4. The number of carbonyl (C=O) groups excluding carboxylic acids is 3. The zero-order chi connectivity index (χ0) is 21.7. The third kappa shape index (κ3) is 3.13. The van der Waals surface area contributed by atoms with Crippen LogP contribution >= 0.6 is 0 Å². The molecule has 0 radical (unpaired) electrons. The van der Waals surface area contributed by atoms with Crippen molar-refractivity contribution >= 4 is 33.6 Å². The van der Waals surface area contributed by atoms with Gasteiger partial charge in [-0.1, -0.05) is 0 Å². The molecular formula is C16H20N2O10S. The summed E-state index contributed by atoms with van der Waals surface area (Å²) in [6, 6.07) is -1.21. The van der Waals surface area contributed by atoms with E-state index in [1.807, 2.05) is 0 Å². The first-order valence-electron chi connectivity index (χ1n) is 8.75. The number of rotatable bonds is 5. The summed E-state index contributed by atoms with van der Waals surface area (Å²) in [7, 11) is -3.14. The lowest BCUT2D eigenvalue weighted by molar-refractivity contribution is -0.813. The molecule has 12 nitrogen and oxygen atoms in total. The van der Waals surface area contributed by atoms with Crippen LogP contribution < -0.4 is 0 Å². The Bertz CT molecular complexity index is 926. The predicted octanol–water partition coefficient (Wildman–Crippen LogP) is -1.50. The van der Waals surface area contributed by atoms with E-state index >= 15 is 0 Å². The quantitative estimate of drug-likeness (QED) is 0.234. The molecule has 4 unspecified atom stereocenters. The van der Waals surface area contributed by atoms with E-state index < -0.39 is 73.8 Å². The molecule has 13 heteroatoms. The molecule has 3 aliphatic rings. The zero-order valence-electron chi connectivity index (χ0n) is 15.7. The van der Waals surface area contributed by atoms with Crippen molar-refractivity contribution in [1.29, 1.82) is 0 Å². The summed E-state index contributed by atoms with van der Waals surface area (Å²) in [6.45, 7) is 0.404. The fraction of sp³-hybridized carbons (Fsp3) is 0.625. The Labute approximate surface area is 165 Å². The highest BCUT2D eigenvalue weighted by Crippen LogP contribution is 2.46. The van der Waals surface area contributed by atoms with E-state index in [0.29, 0.717) is 6.42 Å². The fourth-order valence-corrected chi connectivity index (χ4v) is 6.18. The molecule has 0 bridgehead atoms. The summed E-state index contributed by atoms with van der Waals surface area (Å²) in [5, 5.41) is 20.9. The Morgan fingerprint density at radius 1 is 1.34 bits per heavy atom. The van der Waals surface area contributed by atoms with E-state index in [9.17, 15) is 37.9 Å². The number of sulfone groups is 1. The lowest BCUT2D eigenvalue weighted by Gasteiger charge is -2.57. The molecule has 0 aromatic heterocycles. The molecular weight excluding hydrogens is 412 g/mol. The maximum absolute atomic E-state index is 13.5. The van der Waals surface area contributed by atoms with Crippen LogP contribution in [0.25, 0.3) is 0 Å². The molecule has 2 fully saturated rings. The number of methoxy groups -OCH3 is 1. The van der Waals surface area contributed by atoms with Gasteiger partial charge in [-0.25, -0.2) is 22.7 Å². The second kappa shape index (κ2) is 7.16. The van der Waals surface area contributed by atoms with Gasteiger partial charge in [0.15, 0.2) is 0 Å². The van der Waals surface area contributed by atoms with Gasteiger partial charge in [0.25, 0.3) is 0 Å². The van der Waals surface area contributed by atoms with Gasteiger partial charge in [0.05, 0.1) is 11.3 Å². The second-order valence-corrected chi connectivity index (χ2v) is 9.17. The molecule has 0 aliphatic carbocycles. The minimum atomic E-state index is -4.22. The predicted molar refractivity (Wildman–Crippen MR) is 93.0 cm³/mol. The number of hydroxylamine groups is 3. The van der Waals surface area contributed by atoms with Crippen LogP contribution in [-0.2, 0) is 38.5 Å². The van der Waals surface area contributed by atoms with E-state index in [-0.39, 0.29) is 18.5 Å². The number of hydrogen-bond acceptors (Lipinski definition) is 9. The summed E-state index contributed by atoms with van der Waals surface area (Å²) < 4.78 is 32.8. The standard InChI is InChI=1S/C16H20N2O10S/c1-8(19)28-6-9-7-29(25,26)15-12(27-2)14(21)18(15,24)11(9)13(20)17-5-3-4-10(17)16(22)23/h10,12,15H,3-7H2,1-2H3,(H,22,23). The fourth-order valence-electron chi connectivity index (χ4n) is 4.04. The minimum absolute atomic E-state index is 0.0272. The molecule has 0 saturated carbocycles. The topological polar surface area (TPSA) is 167 Å². The third-order valence-corrected chi connectivity index (χ3v) is 7.33. The van der Waals surface area contributed by atoms with Crippen molar-refractivity contribution < 1.29 is 46.8 Å². The number of aliphatic carboxylic acids is 1. The van der Waals surface area contributed by atoms with Gasteiger partial charge in [0, 0.05) is 20.6 Å². The van der Waals surface area contributed by atoms with Gasteiger partial charge in [-0.3, -0.25) is 9.59 Å². The molecule has 0 aromatic carbocycles. The third-order valence-electron chi connectivity index (χ3n) is 5.30. The van der Waals surface area contributed by atoms with E-state index in [0.717, 1.165) is 18.9 Å². The highest BCUT2D eigenvalue weighted by atomic mass is 32.2. The number of amides is 2. The molecule has 3 heterocycles. The molecule has 3 rings (SSSR count). The molecule has 160 valence electrons. The molecule has 0 aromatic rings. The maximum atomic E-state index is 13.5. The van der Waals surface area contributed by atoms with Crippen LogP contribution in [0.1, 0.15) is 19.8 Å². The monoisotopic (exact) mass is 432 g/mol. The van der Waals surface area contributed by atoms with Gasteiger partial charge in [-0.2, -0.15) is 0 Å². The molecule has 2 saturated heterocycles. The van der Waals surface area contributed by atoms with E-state index in [2.05, 4.69) is 0 Å². The normalized spacial score (nSPS) is 33.1. The summed E-state index contributed by atoms with van der Waals surface area (Å²) in [5.41, 5.74) is -1.05. The Balaban J connectivity index is 2.13. The number of fused-ring (bicyclic) bond motifs is 1. The van der Waals surface area contributed by atoms with E-state index in [4.69, 9.17) is 9.47 Å². The Kier molecular flexibility index (Phi) is 5.28. The lowest BCUT2D eigenvalue weighted by atomic mass is 10.0. The first-order chi connectivity index (χ1) is 13.5. The molecule has 2 amide bonds. The van der Waals surface area contributed by atoms with Gasteiger partial charge in [-0.15, -0.1) is 0 Å². The largest absolute Gasteiger partial charge is 0.618 e. The van der Waals surface area contributed by atoms with Crippen LogP contribution in [0.5, 0.6) is 0 Å². The molecule has 0 spiro atoms. The zero-order valence-corrected chi connectivity index (χ0v) is 16.5. The summed E-state index contributed by atoms with van der Waals surface area (Å²) in [6.07, 6.45) is -1.02. The van der Waals surface area contributed by atoms with Crippen molar-refractivity contribution in [1.82, 2.24) is 4.90 Å². The van der Waals surface area contributed by atoms with Crippen LogP contribution in [-0.4, -0.2) is 90.4 Å². The summed E-state index contributed by atoms with van der Waals surface area (Å²) >= 11 is 0. The average Bonchev–Trinajstić information content (AvgIpc) is 3.12. The number of carbonyl (C=O) groups is 4. The van der Waals surface area contributed by atoms with Crippen LogP contribution in [0, 0.1) is 5.21 Å². The van der Waals surface area contributed by atoms with E-state index in [1.54, 1.807) is 0 Å². The maximum Gasteiger partial charge on any atom is 0.356 e. The Hall–Kier alpha value is -2.35. The van der Waals surface area contributed by atoms with Gasteiger partial charge >= 0.3 is 23.8 Å². The lowest BCUT2D eigenvalue weighted by Crippen LogP contribution is -2.80. The number of hydrogen-bond donors (Lipinski definition) is 1. The van der Waals surface area contributed by atoms with Crippen LogP contribution in [0.3, 0.4) is 0 Å². The average molecular weight is 432 g/mol. The van der Waals surface area contributed by atoms with Gasteiger partial charge in [-0.05, 0) is 12.8 Å². The Morgan fingerprint density at radius 2 is 2.00 bits per heavy atom. The highest BCUT2D eigenvalue weighted by molar-refractivity contribution is 7.92. The van der Waals surface area contributed by atoms with Crippen LogP contribution in [0.2, 0.25) is 0 Å². The number of carboxylic acid groups (broad SMARTS) is 1. The molecule has 3 aliphatic heterocycles. The number of esters is 1. The van der Waals surface area contributed by atoms with E-state index in [1.165, 1.54) is 0 Å². The number of quaternary nitrogens is 1. The highest BCUT2D eigenvalue weighted by Gasteiger charge is 2.71. The van der Waals surface area contributed by atoms with Gasteiger partial charge in [0.1, 0.15) is 12.6 Å². The SMILES string of the molecule is COC1C(=O)[N+]2([O-])C(C(=O)N3CCCC3C(=O)O)=C(COC(C)=O)CS(=O)(=O)C12. The van der Waals surface area contributed by atoms with Gasteiger partial charge in [0.2, 0.25) is 27.0 Å². The van der Waals surface area contributed by atoms with Crippen molar-refractivity contribution in [2.75, 3.05) is 26.0 Å². The Morgan fingerprint density at radius 3 is 2.55 bits per heavy atom. The first-order valence-corrected chi connectivity index (χ1v) is 10.5. The number of ether oxygens (including phenoxy) is 2. The van der Waals surface area contributed by atoms with Gasteiger partial charge < -0.3 is 24.7 Å². The molecule has 1 N–H and O–H groups in total. The number of nitrogens with zero attached hydrogens (tertiary/aromatic N) is 2. The van der Waals surface area contributed by atoms with Crippen LogP contribution in [0.4, 0.5) is 0 Å². The molecule has 29 heavy (non-hydrogen) atoms. The summed E-state index contributed by atoms with van der Waals surface area (Å²) in [5.74, 6) is -5.08. The van der Waals surface area contributed by atoms with Crippen molar-refractivity contribution in [2.45, 2.75) is 37.3 Å². The van der Waals surface area contributed by atoms with Crippen LogP contribution in [0.15, 0.2) is 11.3 Å². The molecule has 4 atom stereocenters. The summed E-state index contributed by atoms with van der Waals surface area (Å²) in [4.78, 5) is 49.3.